The quantitative estimate of drug-likeness (QED) is 0.316. The highest BCUT2D eigenvalue weighted by atomic mass is 79.9. The second-order valence-electron chi connectivity index (χ2n) is 4.92. The van der Waals surface area contributed by atoms with E-state index in [0.29, 0.717) is 15.7 Å². The van der Waals surface area contributed by atoms with Gasteiger partial charge in [0.05, 0.1) is 5.69 Å². The van der Waals surface area contributed by atoms with Crippen LogP contribution in [-0.4, -0.2) is 36.4 Å². The standard InChI is InChI=1S/C12H16BrN3O4S/c1-12(2,21(3,19)20)11(17)15-9-5-4-7(6-8(9)13)10(14)16-18/h4-6,18H,1-3H3,(H2,14,16)(H,15,17). The minimum absolute atomic E-state index is 0.0787. The number of nitrogens with one attached hydrogen (secondary N) is 1. The minimum Gasteiger partial charge on any atom is -0.409 e. The highest BCUT2D eigenvalue weighted by molar-refractivity contribution is 9.10. The summed E-state index contributed by atoms with van der Waals surface area (Å²) in [4.78, 5) is 12.1. The molecule has 116 valence electrons. The van der Waals surface area contributed by atoms with Crippen LogP contribution in [0.4, 0.5) is 5.69 Å². The lowest BCUT2D eigenvalue weighted by molar-refractivity contribution is -0.117. The monoisotopic (exact) mass is 377 g/mol. The number of carbonyl (C=O) groups is 1. The van der Waals surface area contributed by atoms with E-state index in [2.05, 4.69) is 26.4 Å². The summed E-state index contributed by atoms with van der Waals surface area (Å²) >= 11 is 3.23. The van der Waals surface area contributed by atoms with Crippen LogP contribution in [0.1, 0.15) is 19.4 Å². The Morgan fingerprint density at radius 3 is 2.43 bits per heavy atom. The van der Waals surface area contributed by atoms with Gasteiger partial charge in [0.1, 0.15) is 4.75 Å². The van der Waals surface area contributed by atoms with Crippen molar-refractivity contribution in [1.29, 1.82) is 0 Å². The molecule has 1 aromatic carbocycles. The number of amidine groups is 1. The summed E-state index contributed by atoms with van der Waals surface area (Å²) in [6.45, 7) is 2.66. The summed E-state index contributed by atoms with van der Waals surface area (Å²) in [6, 6.07) is 4.59. The molecule has 0 spiro atoms. The predicted molar refractivity (Wildman–Crippen MR) is 84.2 cm³/mol. The van der Waals surface area contributed by atoms with Gasteiger partial charge in [0, 0.05) is 16.3 Å². The van der Waals surface area contributed by atoms with Crippen LogP contribution >= 0.6 is 15.9 Å². The summed E-state index contributed by atoms with van der Waals surface area (Å²) in [5.74, 6) is -0.729. The van der Waals surface area contributed by atoms with E-state index in [0.717, 1.165) is 6.26 Å². The molecular weight excluding hydrogens is 362 g/mol. The fourth-order valence-corrected chi connectivity index (χ4v) is 2.14. The Labute approximate surface area is 131 Å². The van der Waals surface area contributed by atoms with Crippen molar-refractivity contribution in [2.24, 2.45) is 10.9 Å². The zero-order valence-corrected chi connectivity index (χ0v) is 14.1. The summed E-state index contributed by atoms with van der Waals surface area (Å²) in [5.41, 5.74) is 6.28. The third-order valence-electron chi connectivity index (χ3n) is 3.09. The molecule has 9 heteroatoms. The lowest BCUT2D eigenvalue weighted by Crippen LogP contribution is -2.43. The van der Waals surface area contributed by atoms with E-state index in [4.69, 9.17) is 10.9 Å². The molecule has 7 nitrogen and oxygen atoms in total. The molecule has 1 amide bonds. The highest BCUT2D eigenvalue weighted by Gasteiger charge is 2.38. The maximum atomic E-state index is 12.1. The molecule has 0 bridgehead atoms. The van der Waals surface area contributed by atoms with Crippen molar-refractivity contribution in [3.8, 4) is 0 Å². The summed E-state index contributed by atoms with van der Waals surface area (Å²) in [7, 11) is -3.56. The number of amides is 1. The molecule has 0 unspecified atom stereocenters. The van der Waals surface area contributed by atoms with Gasteiger partial charge in [-0.1, -0.05) is 5.16 Å². The molecule has 0 aliphatic heterocycles. The Balaban J connectivity index is 3.08. The Hall–Kier alpha value is -1.61. The number of sulfone groups is 1. The number of hydrogen-bond donors (Lipinski definition) is 3. The summed E-state index contributed by atoms with van der Waals surface area (Å²) < 4.78 is 22.2. The van der Waals surface area contributed by atoms with E-state index in [1.807, 2.05) is 0 Å². The van der Waals surface area contributed by atoms with Crippen LogP contribution in [0.15, 0.2) is 27.8 Å². The molecule has 0 saturated heterocycles. The number of benzene rings is 1. The van der Waals surface area contributed by atoms with Crippen molar-refractivity contribution >= 4 is 43.2 Å². The van der Waals surface area contributed by atoms with E-state index < -0.39 is 20.5 Å². The fourth-order valence-electron chi connectivity index (χ4n) is 1.27. The van der Waals surface area contributed by atoms with Gasteiger partial charge in [0.15, 0.2) is 15.7 Å². The van der Waals surface area contributed by atoms with E-state index >= 15 is 0 Å². The average Bonchev–Trinajstić information content (AvgIpc) is 2.38. The molecule has 0 radical (unpaired) electrons. The number of anilines is 1. The van der Waals surface area contributed by atoms with E-state index in [-0.39, 0.29) is 5.84 Å². The normalized spacial score (nSPS) is 13.0. The SMILES string of the molecule is CC(C)(C(=O)Nc1ccc(/C(N)=N/O)cc1Br)S(C)(=O)=O. The van der Waals surface area contributed by atoms with E-state index in [1.165, 1.54) is 32.0 Å². The molecule has 0 heterocycles. The second-order valence-corrected chi connectivity index (χ2v) is 8.34. The first-order chi connectivity index (χ1) is 9.50. The molecule has 0 fully saturated rings. The predicted octanol–water partition coefficient (Wildman–Crippen LogP) is 1.31. The second kappa shape index (κ2) is 6.02. The molecular formula is C12H16BrN3O4S. The number of nitrogens with zero attached hydrogens (tertiary/aromatic N) is 1. The first-order valence-electron chi connectivity index (χ1n) is 5.79. The minimum atomic E-state index is -3.56. The molecule has 21 heavy (non-hydrogen) atoms. The third-order valence-corrected chi connectivity index (χ3v) is 5.79. The van der Waals surface area contributed by atoms with Gasteiger partial charge in [0.2, 0.25) is 5.91 Å². The Morgan fingerprint density at radius 2 is 2.00 bits per heavy atom. The molecule has 4 N–H and O–H groups in total. The Kier molecular flexibility index (Phi) is 5.00. The summed E-state index contributed by atoms with van der Waals surface area (Å²) in [5, 5.41) is 14.0. The topological polar surface area (TPSA) is 122 Å². The largest absolute Gasteiger partial charge is 0.409 e. The van der Waals surface area contributed by atoms with Gasteiger partial charge in [-0.2, -0.15) is 0 Å². The van der Waals surface area contributed by atoms with Crippen molar-refractivity contribution < 1.29 is 18.4 Å². The molecule has 0 aliphatic rings. The lowest BCUT2D eigenvalue weighted by atomic mass is 10.1. The molecule has 1 rings (SSSR count). The number of rotatable bonds is 4. The average molecular weight is 378 g/mol. The van der Waals surface area contributed by atoms with Gasteiger partial charge in [-0.15, -0.1) is 0 Å². The van der Waals surface area contributed by atoms with Crippen molar-refractivity contribution in [3.63, 3.8) is 0 Å². The highest BCUT2D eigenvalue weighted by Crippen LogP contribution is 2.26. The van der Waals surface area contributed by atoms with Crippen LogP contribution in [0, 0.1) is 0 Å². The maximum absolute atomic E-state index is 12.1. The van der Waals surface area contributed by atoms with Crippen molar-refractivity contribution in [1.82, 2.24) is 0 Å². The van der Waals surface area contributed by atoms with Gasteiger partial charge in [-0.3, -0.25) is 4.79 Å². The van der Waals surface area contributed by atoms with Crippen LogP contribution in [0.25, 0.3) is 0 Å². The van der Waals surface area contributed by atoms with Gasteiger partial charge in [-0.05, 0) is 48.0 Å². The number of hydrogen-bond acceptors (Lipinski definition) is 5. The van der Waals surface area contributed by atoms with Gasteiger partial charge in [0.25, 0.3) is 0 Å². The summed E-state index contributed by atoms with van der Waals surface area (Å²) in [6.07, 6.45) is 1.00. The fraction of sp³-hybridized carbons (Fsp3) is 0.333. The molecule has 0 aliphatic carbocycles. The van der Waals surface area contributed by atoms with Crippen molar-refractivity contribution in [3.05, 3.63) is 28.2 Å². The molecule has 0 saturated carbocycles. The number of nitrogens with two attached hydrogens (primary N) is 1. The van der Waals surface area contributed by atoms with Gasteiger partial charge < -0.3 is 16.3 Å². The molecule has 1 aromatic rings. The Morgan fingerprint density at radius 1 is 1.43 bits per heavy atom. The van der Waals surface area contributed by atoms with Crippen molar-refractivity contribution in [2.75, 3.05) is 11.6 Å². The molecule has 0 atom stereocenters. The van der Waals surface area contributed by atoms with Crippen molar-refractivity contribution in [2.45, 2.75) is 18.6 Å². The number of carbonyl (C=O) groups excluding carboxylic acids is 1. The maximum Gasteiger partial charge on any atom is 0.245 e. The van der Waals surface area contributed by atoms with Gasteiger partial charge in [-0.25, -0.2) is 8.42 Å². The van der Waals surface area contributed by atoms with Crippen LogP contribution in [0.2, 0.25) is 0 Å². The van der Waals surface area contributed by atoms with Crippen LogP contribution < -0.4 is 11.1 Å². The Bertz CT molecular complexity index is 698. The van der Waals surface area contributed by atoms with Crippen LogP contribution in [-0.2, 0) is 14.6 Å². The molecule has 0 aromatic heterocycles. The van der Waals surface area contributed by atoms with E-state index in [1.54, 1.807) is 0 Å². The zero-order chi connectivity index (χ0) is 16.4. The first kappa shape index (κ1) is 17.4. The smallest absolute Gasteiger partial charge is 0.245 e. The van der Waals surface area contributed by atoms with E-state index in [9.17, 15) is 13.2 Å². The number of halogens is 1. The lowest BCUT2D eigenvalue weighted by Gasteiger charge is -2.22. The van der Waals surface area contributed by atoms with Gasteiger partial charge >= 0.3 is 0 Å². The third kappa shape index (κ3) is 3.73. The van der Waals surface area contributed by atoms with Crippen LogP contribution in [0.5, 0.6) is 0 Å². The zero-order valence-electron chi connectivity index (χ0n) is 11.7. The number of oxime groups is 1. The first-order valence-corrected chi connectivity index (χ1v) is 8.47. The van der Waals surface area contributed by atoms with Crippen LogP contribution in [0.3, 0.4) is 0 Å².